The molecule has 0 unspecified atom stereocenters. The number of carbonyl (C=O) groups is 1. The van der Waals surface area contributed by atoms with Crippen molar-refractivity contribution in [1.82, 2.24) is 9.78 Å². The molecule has 54 valence electrons. The van der Waals surface area contributed by atoms with Crippen LogP contribution in [-0.2, 0) is 7.05 Å². The Labute approximate surface area is 63.4 Å². The smallest absolute Gasteiger partial charge is 0.168 e. The molecular weight excluding hydrogens is 148 g/mol. The maximum absolute atomic E-state index is 10.3. The first-order chi connectivity index (χ1) is 4.77. The molecule has 0 N–H and O–H groups in total. The van der Waals surface area contributed by atoms with E-state index in [-0.39, 0.29) is 0 Å². The van der Waals surface area contributed by atoms with Crippen molar-refractivity contribution in [3.63, 3.8) is 0 Å². The third kappa shape index (κ3) is 1.21. The van der Waals surface area contributed by atoms with Gasteiger partial charge in [0.15, 0.2) is 6.29 Å². The van der Waals surface area contributed by atoms with Gasteiger partial charge in [-0.2, -0.15) is 5.10 Å². The monoisotopic (exact) mass is 156 g/mol. The normalized spacial score (nSPS) is 9.80. The Balaban J connectivity index is 3.03. The van der Waals surface area contributed by atoms with E-state index in [9.17, 15) is 4.79 Å². The second-order valence-electron chi connectivity index (χ2n) is 1.85. The number of hydrogen-bond donors (Lipinski definition) is 0. The minimum absolute atomic E-state index is 0.615. The van der Waals surface area contributed by atoms with Gasteiger partial charge in [0, 0.05) is 13.1 Å². The van der Waals surface area contributed by atoms with Crippen LogP contribution < -0.4 is 0 Å². The Bertz CT molecular complexity index is 244. The molecular formula is C6H8N2OS. The van der Waals surface area contributed by atoms with Crippen molar-refractivity contribution in [2.75, 3.05) is 6.26 Å². The van der Waals surface area contributed by atoms with Crippen molar-refractivity contribution in [2.45, 2.75) is 5.03 Å². The molecule has 10 heavy (non-hydrogen) atoms. The molecule has 0 aliphatic heterocycles. The van der Waals surface area contributed by atoms with E-state index in [1.165, 1.54) is 11.8 Å². The van der Waals surface area contributed by atoms with Crippen molar-refractivity contribution in [3.05, 3.63) is 11.8 Å². The van der Waals surface area contributed by atoms with E-state index >= 15 is 0 Å². The summed E-state index contributed by atoms with van der Waals surface area (Å²) < 4.78 is 1.57. The predicted molar refractivity (Wildman–Crippen MR) is 40.4 cm³/mol. The SMILES string of the molecule is CSc1cc(C=O)n(C)n1. The second-order valence-corrected chi connectivity index (χ2v) is 2.68. The van der Waals surface area contributed by atoms with Crippen LogP contribution in [0.2, 0.25) is 0 Å². The van der Waals surface area contributed by atoms with Crippen LogP contribution in [0.5, 0.6) is 0 Å². The van der Waals surface area contributed by atoms with Crippen molar-refractivity contribution < 1.29 is 4.79 Å². The number of rotatable bonds is 2. The number of nitrogens with zero attached hydrogens (tertiary/aromatic N) is 2. The number of hydrogen-bond acceptors (Lipinski definition) is 3. The molecule has 0 aliphatic carbocycles. The molecule has 0 spiro atoms. The van der Waals surface area contributed by atoms with Gasteiger partial charge < -0.3 is 0 Å². The summed E-state index contributed by atoms with van der Waals surface area (Å²) in [7, 11) is 1.75. The molecule has 4 heteroatoms. The van der Waals surface area contributed by atoms with E-state index in [0.29, 0.717) is 5.69 Å². The largest absolute Gasteiger partial charge is 0.296 e. The molecule has 0 saturated carbocycles. The van der Waals surface area contributed by atoms with Gasteiger partial charge in [-0.25, -0.2) is 0 Å². The minimum atomic E-state index is 0.615. The first-order valence-electron chi connectivity index (χ1n) is 2.81. The lowest BCUT2D eigenvalue weighted by Crippen LogP contribution is -1.95. The third-order valence-electron chi connectivity index (χ3n) is 1.22. The number of aryl methyl sites for hydroxylation is 1. The maximum Gasteiger partial charge on any atom is 0.168 e. The summed E-state index contributed by atoms with van der Waals surface area (Å²) in [5, 5.41) is 4.93. The van der Waals surface area contributed by atoms with E-state index in [1.807, 2.05) is 6.26 Å². The second kappa shape index (κ2) is 2.88. The van der Waals surface area contributed by atoms with Crippen LogP contribution in [0.1, 0.15) is 10.5 Å². The van der Waals surface area contributed by atoms with E-state index in [4.69, 9.17) is 0 Å². The molecule has 1 aromatic heterocycles. The highest BCUT2D eigenvalue weighted by Gasteiger charge is 2.00. The van der Waals surface area contributed by atoms with Gasteiger partial charge >= 0.3 is 0 Å². The molecule has 0 atom stereocenters. The molecule has 0 amide bonds. The Morgan fingerprint density at radius 3 is 2.80 bits per heavy atom. The van der Waals surface area contributed by atoms with Gasteiger partial charge in [0.1, 0.15) is 10.7 Å². The van der Waals surface area contributed by atoms with Crippen LogP contribution in [0.4, 0.5) is 0 Å². The fraction of sp³-hybridized carbons (Fsp3) is 0.333. The molecule has 1 rings (SSSR count). The quantitative estimate of drug-likeness (QED) is 0.472. The Kier molecular flexibility index (Phi) is 2.11. The third-order valence-corrected chi connectivity index (χ3v) is 1.84. The average molecular weight is 156 g/mol. The van der Waals surface area contributed by atoms with E-state index in [1.54, 1.807) is 17.8 Å². The zero-order chi connectivity index (χ0) is 7.56. The van der Waals surface area contributed by atoms with Gasteiger partial charge in [0.2, 0.25) is 0 Å². The molecule has 0 bridgehead atoms. The standard InChI is InChI=1S/C6H8N2OS/c1-8-5(4-9)3-6(7-8)10-2/h3-4H,1-2H3. The molecule has 1 heterocycles. The topological polar surface area (TPSA) is 34.9 Å². The van der Waals surface area contributed by atoms with Crippen LogP contribution in [0, 0.1) is 0 Å². The van der Waals surface area contributed by atoms with Crippen LogP contribution in [0.15, 0.2) is 11.1 Å². The Hall–Kier alpha value is -0.770. The van der Waals surface area contributed by atoms with Crippen molar-refractivity contribution >= 4 is 18.0 Å². The van der Waals surface area contributed by atoms with Gasteiger partial charge in [0.25, 0.3) is 0 Å². The molecule has 1 aromatic rings. The van der Waals surface area contributed by atoms with Gasteiger partial charge in [-0.15, -0.1) is 11.8 Å². The summed E-state index contributed by atoms with van der Waals surface area (Å²) in [6, 6.07) is 1.76. The summed E-state index contributed by atoms with van der Waals surface area (Å²) in [5.41, 5.74) is 0.615. The highest BCUT2D eigenvalue weighted by molar-refractivity contribution is 7.98. The Morgan fingerprint density at radius 2 is 2.50 bits per heavy atom. The first kappa shape index (κ1) is 7.34. The van der Waals surface area contributed by atoms with Gasteiger partial charge in [-0.1, -0.05) is 0 Å². The summed E-state index contributed by atoms with van der Waals surface area (Å²) >= 11 is 1.53. The minimum Gasteiger partial charge on any atom is -0.296 e. The summed E-state index contributed by atoms with van der Waals surface area (Å²) in [6.07, 6.45) is 2.73. The van der Waals surface area contributed by atoms with E-state index in [2.05, 4.69) is 5.10 Å². The lowest BCUT2D eigenvalue weighted by atomic mass is 10.5. The number of carbonyl (C=O) groups excluding carboxylic acids is 1. The van der Waals surface area contributed by atoms with Crippen LogP contribution in [0.25, 0.3) is 0 Å². The lowest BCUT2D eigenvalue weighted by molar-refractivity contribution is 0.111. The summed E-state index contributed by atoms with van der Waals surface area (Å²) in [6.45, 7) is 0. The highest BCUT2D eigenvalue weighted by Crippen LogP contribution is 2.11. The van der Waals surface area contributed by atoms with Crippen molar-refractivity contribution in [2.24, 2.45) is 7.05 Å². The predicted octanol–water partition coefficient (Wildman–Crippen LogP) is 0.954. The van der Waals surface area contributed by atoms with E-state index < -0.39 is 0 Å². The molecule has 0 saturated heterocycles. The highest BCUT2D eigenvalue weighted by atomic mass is 32.2. The molecule has 0 aromatic carbocycles. The zero-order valence-corrected chi connectivity index (χ0v) is 6.68. The molecule has 3 nitrogen and oxygen atoms in total. The van der Waals surface area contributed by atoms with Gasteiger partial charge in [0.05, 0.1) is 0 Å². The van der Waals surface area contributed by atoms with E-state index in [0.717, 1.165) is 11.3 Å². The fourth-order valence-electron chi connectivity index (χ4n) is 0.664. The van der Waals surface area contributed by atoms with Gasteiger partial charge in [-0.3, -0.25) is 9.48 Å². The van der Waals surface area contributed by atoms with Crippen molar-refractivity contribution in [3.8, 4) is 0 Å². The van der Waals surface area contributed by atoms with Gasteiger partial charge in [-0.05, 0) is 6.26 Å². The molecule has 0 aliphatic rings. The van der Waals surface area contributed by atoms with Crippen LogP contribution >= 0.6 is 11.8 Å². The van der Waals surface area contributed by atoms with Crippen molar-refractivity contribution in [1.29, 1.82) is 0 Å². The number of thioether (sulfide) groups is 1. The number of aromatic nitrogens is 2. The first-order valence-corrected chi connectivity index (χ1v) is 4.03. The fourth-order valence-corrected chi connectivity index (χ4v) is 1.11. The lowest BCUT2D eigenvalue weighted by Gasteiger charge is -1.87. The molecule has 0 radical (unpaired) electrons. The summed E-state index contributed by atoms with van der Waals surface area (Å²) in [4.78, 5) is 10.3. The molecule has 0 fully saturated rings. The average Bonchev–Trinajstić information content (AvgIpc) is 2.30. The maximum atomic E-state index is 10.3. The zero-order valence-electron chi connectivity index (χ0n) is 5.87. The van der Waals surface area contributed by atoms with Crippen LogP contribution in [0.3, 0.4) is 0 Å². The summed E-state index contributed by atoms with van der Waals surface area (Å²) in [5.74, 6) is 0. The Morgan fingerprint density at radius 1 is 1.80 bits per heavy atom. The number of aldehydes is 1. The van der Waals surface area contributed by atoms with Crippen LogP contribution in [-0.4, -0.2) is 22.3 Å².